The summed E-state index contributed by atoms with van der Waals surface area (Å²) in [7, 11) is -3.96. The molecular weight excluding hydrogens is 456 g/mol. The Kier molecular flexibility index (Phi) is 9.15. The van der Waals surface area contributed by atoms with Gasteiger partial charge in [0.2, 0.25) is 0 Å². The Bertz CT molecular complexity index is 1150. The van der Waals surface area contributed by atoms with Gasteiger partial charge in [-0.05, 0) is 52.1 Å². The minimum Gasteiger partial charge on any atom is -0.486 e. The molecule has 188 valence electrons. The molecule has 35 heavy (non-hydrogen) atoms. The molecule has 0 aliphatic carbocycles. The number of para-hydroxylation sites is 1. The van der Waals surface area contributed by atoms with Crippen molar-refractivity contribution in [2.24, 2.45) is 0 Å². The summed E-state index contributed by atoms with van der Waals surface area (Å²) >= 11 is 0. The zero-order valence-electron chi connectivity index (χ0n) is 21.7. The van der Waals surface area contributed by atoms with E-state index in [1.165, 1.54) is 0 Å². The highest BCUT2D eigenvalue weighted by Gasteiger charge is 2.28. The second kappa shape index (κ2) is 11.9. The van der Waals surface area contributed by atoms with E-state index in [2.05, 4.69) is 13.8 Å². The van der Waals surface area contributed by atoms with Crippen LogP contribution in [0.15, 0.2) is 77.7 Å². The smallest absolute Gasteiger partial charge is 0.297 e. The fourth-order valence-electron chi connectivity index (χ4n) is 4.13. The molecule has 0 bridgehead atoms. The SMILES string of the molecule is CC(C)c1cc(C(C)C)c(S(=O)(=O)OCCC(Oc2ccccc2)c2ccccc2)c(C(C)C)c1. The number of hydrogen-bond acceptors (Lipinski definition) is 4. The van der Waals surface area contributed by atoms with Crippen LogP contribution in [-0.4, -0.2) is 15.0 Å². The first-order chi connectivity index (χ1) is 16.6. The molecule has 0 aliphatic heterocycles. The molecule has 0 aliphatic rings. The van der Waals surface area contributed by atoms with E-state index in [0.717, 1.165) is 28.0 Å². The Balaban J connectivity index is 1.88. The Morgan fingerprint density at radius 2 is 1.20 bits per heavy atom. The second-order valence-electron chi connectivity index (χ2n) is 9.89. The van der Waals surface area contributed by atoms with Gasteiger partial charge in [0.05, 0.1) is 6.61 Å². The topological polar surface area (TPSA) is 52.6 Å². The van der Waals surface area contributed by atoms with E-state index in [4.69, 9.17) is 8.92 Å². The van der Waals surface area contributed by atoms with Gasteiger partial charge >= 0.3 is 0 Å². The zero-order valence-corrected chi connectivity index (χ0v) is 22.5. The number of hydrogen-bond donors (Lipinski definition) is 0. The van der Waals surface area contributed by atoms with E-state index in [9.17, 15) is 8.42 Å². The summed E-state index contributed by atoms with van der Waals surface area (Å²) in [5.41, 5.74) is 3.77. The predicted molar refractivity (Wildman–Crippen MR) is 143 cm³/mol. The highest BCUT2D eigenvalue weighted by atomic mass is 32.2. The standard InChI is InChI=1S/C30H38O4S/c1-21(2)25-19-27(22(3)4)30(28(20-25)23(5)6)35(31,32)33-18-17-29(24-13-9-7-10-14-24)34-26-15-11-8-12-16-26/h7-16,19-23,29H,17-18H2,1-6H3. The number of benzene rings is 3. The van der Waals surface area contributed by atoms with Crippen LogP contribution in [0.1, 0.15) is 94.1 Å². The van der Waals surface area contributed by atoms with Crippen LogP contribution in [0.5, 0.6) is 5.75 Å². The zero-order chi connectivity index (χ0) is 25.6. The summed E-state index contributed by atoms with van der Waals surface area (Å²) in [4.78, 5) is 0.326. The fourth-order valence-corrected chi connectivity index (χ4v) is 5.73. The van der Waals surface area contributed by atoms with Crippen molar-refractivity contribution in [1.82, 2.24) is 0 Å². The van der Waals surface area contributed by atoms with Gasteiger partial charge in [0.1, 0.15) is 16.7 Å². The van der Waals surface area contributed by atoms with Crippen molar-refractivity contribution in [3.63, 3.8) is 0 Å². The average molecular weight is 495 g/mol. The van der Waals surface area contributed by atoms with E-state index in [1.807, 2.05) is 100 Å². The van der Waals surface area contributed by atoms with E-state index < -0.39 is 10.1 Å². The summed E-state index contributed by atoms with van der Waals surface area (Å²) in [5, 5.41) is 0. The maximum atomic E-state index is 13.6. The lowest BCUT2D eigenvalue weighted by Crippen LogP contribution is -2.17. The van der Waals surface area contributed by atoms with Crippen molar-refractivity contribution >= 4 is 10.1 Å². The highest BCUT2D eigenvalue weighted by Crippen LogP contribution is 2.36. The van der Waals surface area contributed by atoms with Crippen LogP contribution in [0.4, 0.5) is 0 Å². The van der Waals surface area contributed by atoms with Crippen molar-refractivity contribution in [2.45, 2.75) is 76.7 Å². The van der Waals surface area contributed by atoms with Gasteiger partial charge in [0, 0.05) is 6.42 Å². The average Bonchev–Trinajstić information content (AvgIpc) is 2.83. The van der Waals surface area contributed by atoms with Gasteiger partial charge in [-0.2, -0.15) is 8.42 Å². The molecule has 3 rings (SSSR count). The van der Waals surface area contributed by atoms with Crippen LogP contribution in [0.3, 0.4) is 0 Å². The van der Waals surface area contributed by atoms with Gasteiger partial charge in [-0.25, -0.2) is 0 Å². The lowest BCUT2D eigenvalue weighted by molar-refractivity contribution is 0.165. The normalized spacial score (nSPS) is 12.9. The van der Waals surface area contributed by atoms with Crippen LogP contribution in [0.25, 0.3) is 0 Å². The Labute approximate surface area is 211 Å². The molecule has 0 radical (unpaired) electrons. The first kappa shape index (κ1) is 27.0. The van der Waals surface area contributed by atoms with Crippen molar-refractivity contribution in [1.29, 1.82) is 0 Å². The van der Waals surface area contributed by atoms with Crippen LogP contribution in [-0.2, 0) is 14.3 Å². The van der Waals surface area contributed by atoms with E-state index in [-0.39, 0.29) is 24.5 Å². The Morgan fingerprint density at radius 3 is 1.69 bits per heavy atom. The van der Waals surface area contributed by atoms with Gasteiger partial charge in [-0.3, -0.25) is 4.18 Å². The molecule has 5 heteroatoms. The summed E-state index contributed by atoms with van der Waals surface area (Å²) in [6.45, 7) is 12.4. The minimum atomic E-state index is -3.96. The molecule has 0 heterocycles. The van der Waals surface area contributed by atoms with Gasteiger partial charge in [0.25, 0.3) is 10.1 Å². The molecular formula is C30H38O4S. The van der Waals surface area contributed by atoms with Gasteiger partial charge in [0.15, 0.2) is 0 Å². The first-order valence-corrected chi connectivity index (χ1v) is 13.8. The summed E-state index contributed by atoms with van der Waals surface area (Å²) < 4.78 is 39.0. The number of ether oxygens (including phenoxy) is 1. The van der Waals surface area contributed by atoms with E-state index in [0.29, 0.717) is 17.2 Å². The molecule has 3 aromatic rings. The van der Waals surface area contributed by atoms with Crippen LogP contribution >= 0.6 is 0 Å². The minimum absolute atomic E-state index is 0.0235. The van der Waals surface area contributed by atoms with Crippen molar-refractivity contribution in [3.8, 4) is 5.75 Å². The summed E-state index contributed by atoms with van der Waals surface area (Å²) in [6, 6.07) is 23.5. The molecule has 0 spiro atoms. The maximum Gasteiger partial charge on any atom is 0.297 e. The molecule has 0 saturated heterocycles. The molecule has 3 aromatic carbocycles. The third-order valence-electron chi connectivity index (χ3n) is 6.14. The van der Waals surface area contributed by atoms with Crippen LogP contribution in [0.2, 0.25) is 0 Å². The van der Waals surface area contributed by atoms with Crippen molar-refractivity contribution in [3.05, 3.63) is 95.1 Å². The monoisotopic (exact) mass is 494 g/mol. The highest BCUT2D eigenvalue weighted by molar-refractivity contribution is 7.86. The van der Waals surface area contributed by atoms with Crippen LogP contribution in [0, 0.1) is 0 Å². The van der Waals surface area contributed by atoms with Crippen LogP contribution < -0.4 is 4.74 Å². The van der Waals surface area contributed by atoms with Gasteiger partial charge < -0.3 is 4.74 Å². The van der Waals surface area contributed by atoms with Gasteiger partial charge in [-0.1, -0.05) is 102 Å². The van der Waals surface area contributed by atoms with E-state index in [1.54, 1.807) is 0 Å². The second-order valence-corrected chi connectivity index (χ2v) is 11.4. The maximum absolute atomic E-state index is 13.6. The molecule has 4 nitrogen and oxygen atoms in total. The molecule has 0 fully saturated rings. The lowest BCUT2D eigenvalue weighted by atomic mass is 9.89. The molecule has 0 N–H and O–H groups in total. The van der Waals surface area contributed by atoms with E-state index >= 15 is 0 Å². The third kappa shape index (κ3) is 6.96. The fraction of sp³-hybridized carbons (Fsp3) is 0.400. The molecule has 1 unspecified atom stereocenters. The van der Waals surface area contributed by atoms with Crippen molar-refractivity contribution < 1.29 is 17.3 Å². The first-order valence-electron chi connectivity index (χ1n) is 12.4. The lowest BCUT2D eigenvalue weighted by Gasteiger charge is -2.23. The molecule has 0 aromatic heterocycles. The Morgan fingerprint density at radius 1 is 0.686 bits per heavy atom. The molecule has 0 saturated carbocycles. The third-order valence-corrected chi connectivity index (χ3v) is 7.59. The summed E-state index contributed by atoms with van der Waals surface area (Å²) in [5.74, 6) is 1.15. The largest absolute Gasteiger partial charge is 0.486 e. The quantitative estimate of drug-likeness (QED) is 0.254. The number of rotatable bonds is 11. The summed E-state index contributed by atoms with van der Waals surface area (Å²) in [6.07, 6.45) is 0.0715. The Hall–Kier alpha value is -2.63. The van der Waals surface area contributed by atoms with Crippen molar-refractivity contribution in [2.75, 3.05) is 6.61 Å². The predicted octanol–water partition coefficient (Wildman–Crippen LogP) is 7.97. The molecule has 1 atom stereocenters. The van der Waals surface area contributed by atoms with Gasteiger partial charge in [-0.15, -0.1) is 0 Å². The molecule has 0 amide bonds.